The zero-order valence-electron chi connectivity index (χ0n) is 31.5. The molecule has 3 atom stereocenters. The molecule has 4 aromatic carbocycles. The first kappa shape index (κ1) is 41.3. The minimum Gasteiger partial charge on any atom is -0.475 e. The number of nitrogens with one attached hydrogen (secondary N) is 4. The first-order chi connectivity index (χ1) is 26.8. The lowest BCUT2D eigenvalue weighted by molar-refractivity contribution is -0.128. The van der Waals surface area contributed by atoms with E-state index in [4.69, 9.17) is 36.3 Å². The summed E-state index contributed by atoms with van der Waals surface area (Å²) in [5.41, 5.74) is 9.81. The fourth-order valence-electron chi connectivity index (χ4n) is 6.43. The Morgan fingerprint density at radius 3 is 2.31 bits per heavy atom. The van der Waals surface area contributed by atoms with E-state index in [1.54, 1.807) is 0 Å². The van der Waals surface area contributed by atoms with Crippen molar-refractivity contribution in [1.29, 1.82) is 0 Å². The predicted octanol–water partition coefficient (Wildman–Crippen LogP) is 6.14. The van der Waals surface area contributed by atoms with E-state index in [1.807, 2.05) is 92.7 Å². The molecule has 13 heteroatoms. The van der Waals surface area contributed by atoms with E-state index in [1.165, 1.54) is 0 Å². The lowest BCUT2D eigenvalue weighted by Gasteiger charge is -2.22. The van der Waals surface area contributed by atoms with Gasteiger partial charge in [0.15, 0.2) is 5.78 Å². The van der Waals surface area contributed by atoms with Gasteiger partial charge >= 0.3 is 6.09 Å². The van der Waals surface area contributed by atoms with Crippen molar-refractivity contribution >= 4 is 51.5 Å². The number of alkyl halides is 1. The number of nitrogens with two attached hydrogens (primary N) is 1. The Hall–Kier alpha value is -4.88. The third-order valence-corrected chi connectivity index (χ3v) is 9.63. The topological polar surface area (TPSA) is 162 Å². The van der Waals surface area contributed by atoms with Crippen LogP contribution in [-0.2, 0) is 30.4 Å². The first-order valence-electron chi connectivity index (χ1n) is 18.8. The number of hydrogen-bond donors (Lipinski definition) is 5. The van der Waals surface area contributed by atoms with Gasteiger partial charge in [0.05, 0.1) is 32.5 Å². The normalized spacial score (nSPS) is 14.5. The number of halogens is 1. The smallest absolute Gasteiger partial charge is 0.408 e. The third-order valence-electron chi connectivity index (χ3n) is 9.26. The molecule has 1 heterocycles. The number of carbonyl (C=O) groups excluding carboxylic acids is 3. The van der Waals surface area contributed by atoms with Gasteiger partial charge < -0.3 is 45.9 Å². The van der Waals surface area contributed by atoms with Crippen molar-refractivity contribution in [3.8, 4) is 5.75 Å². The number of amides is 2. The number of carbonyl (C=O) groups is 3. The van der Waals surface area contributed by atoms with Crippen LogP contribution in [0.2, 0.25) is 0 Å². The molecule has 0 bridgehead atoms. The van der Waals surface area contributed by atoms with E-state index in [0.29, 0.717) is 56.7 Å². The molecule has 6 N–H and O–H groups in total. The molecule has 0 fully saturated rings. The highest BCUT2D eigenvalue weighted by atomic mass is 35.5. The maximum Gasteiger partial charge on any atom is 0.408 e. The lowest BCUT2D eigenvalue weighted by atomic mass is 9.95. The van der Waals surface area contributed by atoms with Crippen molar-refractivity contribution in [3.05, 3.63) is 102 Å². The highest BCUT2D eigenvalue weighted by molar-refractivity contribution is 6.18. The minimum absolute atomic E-state index is 0.110. The first-order valence-corrected chi connectivity index (χ1v) is 19.3. The Bertz CT molecular complexity index is 1840. The molecule has 0 radical (unpaired) electrons. The maximum absolute atomic E-state index is 13.8. The van der Waals surface area contributed by atoms with Crippen molar-refractivity contribution in [3.63, 3.8) is 0 Å². The molecule has 0 spiro atoms. The molecule has 5 rings (SSSR count). The van der Waals surface area contributed by atoms with Crippen LogP contribution in [0.3, 0.4) is 0 Å². The predicted molar refractivity (Wildman–Crippen MR) is 216 cm³/mol. The van der Waals surface area contributed by atoms with Crippen LogP contribution in [0.5, 0.6) is 5.75 Å². The van der Waals surface area contributed by atoms with Gasteiger partial charge in [-0.1, -0.05) is 80.6 Å². The summed E-state index contributed by atoms with van der Waals surface area (Å²) in [5.74, 6) is 0.676. The number of alkyl carbamates (subject to hydrolysis) is 1. The fourth-order valence-corrected chi connectivity index (χ4v) is 6.69. The molecule has 12 nitrogen and oxygen atoms in total. The van der Waals surface area contributed by atoms with Crippen LogP contribution < -0.4 is 31.7 Å². The number of ketones is 1. The Morgan fingerprint density at radius 2 is 1.60 bits per heavy atom. The van der Waals surface area contributed by atoms with E-state index in [2.05, 4.69) is 27.3 Å². The quantitative estimate of drug-likeness (QED) is 0.0464. The molecular weight excluding hydrogens is 722 g/mol. The summed E-state index contributed by atoms with van der Waals surface area (Å²) in [6, 6.07) is 26.0. The van der Waals surface area contributed by atoms with E-state index in [-0.39, 0.29) is 43.1 Å². The van der Waals surface area contributed by atoms with Crippen molar-refractivity contribution < 1.29 is 33.3 Å². The van der Waals surface area contributed by atoms with Crippen LogP contribution in [0, 0.1) is 5.92 Å². The van der Waals surface area contributed by atoms with E-state index >= 15 is 0 Å². The molecule has 294 valence electrons. The summed E-state index contributed by atoms with van der Waals surface area (Å²) < 4.78 is 22.9. The second-order valence-corrected chi connectivity index (χ2v) is 13.9. The molecular formula is C42H52ClN5O7. The molecule has 55 heavy (non-hydrogen) atoms. The van der Waals surface area contributed by atoms with Crippen molar-refractivity contribution in [2.45, 2.75) is 44.9 Å². The number of hydrogen-bond acceptors (Lipinski definition) is 10. The molecule has 1 unspecified atom stereocenters. The molecule has 0 aliphatic carbocycles. The average Bonchev–Trinajstić information content (AvgIpc) is 3.63. The lowest BCUT2D eigenvalue weighted by Crippen LogP contribution is -2.45. The Morgan fingerprint density at radius 1 is 0.891 bits per heavy atom. The summed E-state index contributed by atoms with van der Waals surface area (Å²) >= 11 is 6.33. The SMILES string of the molecule is CC(C)[C@H](NC(=O)OCc1ccccc1)C(=O)CCNc1ccc(C(Oc2cc3c(c4ccccc24)[C@H](CCl)CN3)C(=O)NCCOCCOCCN)cc1. The standard InChI is InChI=1S/C42H52ClN5O7/c1-28(2)39(48-42(51)54-27-29-8-4-3-5-9-29)36(49)16-18-45-32-14-12-30(13-15-32)40(41(50)46-19-21-53-23-22-52-20-17-44)55-37-24-35-38(31(25-43)26-47-35)34-11-7-6-10-33(34)37/h3-15,24,28,31,39-40,45,47H,16-23,25-27,44H2,1-2H3,(H,46,50)(H,48,51)/t31-,39+,40?/m1/s1. The van der Waals surface area contributed by atoms with Crippen LogP contribution >= 0.6 is 11.6 Å². The molecule has 4 aromatic rings. The summed E-state index contributed by atoms with van der Waals surface area (Å²) in [6.07, 6.45) is -1.43. The molecule has 0 saturated carbocycles. The molecule has 2 amide bonds. The highest BCUT2D eigenvalue weighted by Gasteiger charge is 2.29. The van der Waals surface area contributed by atoms with E-state index in [0.717, 1.165) is 39.8 Å². The summed E-state index contributed by atoms with van der Waals surface area (Å²) in [7, 11) is 0. The van der Waals surface area contributed by atoms with Crippen LogP contribution in [0.4, 0.5) is 16.2 Å². The zero-order chi connectivity index (χ0) is 39.0. The fraction of sp³-hybridized carbons (Fsp3) is 0.405. The molecule has 0 aromatic heterocycles. The van der Waals surface area contributed by atoms with Gasteiger partial charge in [-0.3, -0.25) is 9.59 Å². The number of Topliss-reactive ketones (excluding diaryl/α,β-unsaturated/α-hetero) is 1. The van der Waals surface area contributed by atoms with Crippen LogP contribution in [0.15, 0.2) is 84.9 Å². The van der Waals surface area contributed by atoms with Crippen LogP contribution in [0.25, 0.3) is 10.8 Å². The van der Waals surface area contributed by atoms with Crippen molar-refractivity contribution in [2.75, 3.05) is 69.1 Å². The van der Waals surface area contributed by atoms with Gasteiger partial charge in [0.1, 0.15) is 12.4 Å². The maximum atomic E-state index is 13.8. The number of ether oxygens (including phenoxy) is 4. The van der Waals surface area contributed by atoms with Gasteiger partial charge in [-0.15, -0.1) is 11.6 Å². The summed E-state index contributed by atoms with van der Waals surface area (Å²) in [6.45, 7) is 7.27. The number of benzene rings is 4. The summed E-state index contributed by atoms with van der Waals surface area (Å²) in [5, 5.41) is 14.3. The van der Waals surface area contributed by atoms with Gasteiger partial charge in [-0.2, -0.15) is 0 Å². The van der Waals surface area contributed by atoms with Gasteiger partial charge in [0.2, 0.25) is 6.10 Å². The Balaban J connectivity index is 1.23. The second kappa shape index (κ2) is 21.3. The zero-order valence-corrected chi connectivity index (χ0v) is 32.2. The monoisotopic (exact) mass is 773 g/mol. The Kier molecular flexibility index (Phi) is 16.0. The number of anilines is 2. The summed E-state index contributed by atoms with van der Waals surface area (Å²) in [4.78, 5) is 39.4. The van der Waals surface area contributed by atoms with Gasteiger partial charge in [0.25, 0.3) is 5.91 Å². The van der Waals surface area contributed by atoms with Gasteiger partial charge in [-0.25, -0.2) is 4.79 Å². The minimum atomic E-state index is -0.977. The number of rotatable bonds is 22. The van der Waals surface area contributed by atoms with E-state index in [9.17, 15) is 14.4 Å². The largest absolute Gasteiger partial charge is 0.475 e. The van der Waals surface area contributed by atoms with Crippen molar-refractivity contribution in [1.82, 2.24) is 10.6 Å². The Labute approximate surface area is 327 Å². The van der Waals surface area contributed by atoms with E-state index < -0.39 is 18.2 Å². The second-order valence-electron chi connectivity index (χ2n) is 13.6. The van der Waals surface area contributed by atoms with Gasteiger partial charge in [-0.05, 0) is 34.6 Å². The van der Waals surface area contributed by atoms with Crippen LogP contribution in [0.1, 0.15) is 49.0 Å². The molecule has 1 aliphatic rings. The van der Waals surface area contributed by atoms with Crippen LogP contribution in [-0.4, -0.2) is 82.3 Å². The third kappa shape index (κ3) is 11.8. The van der Waals surface area contributed by atoms with Crippen molar-refractivity contribution in [2.24, 2.45) is 11.7 Å². The number of fused-ring (bicyclic) bond motifs is 3. The average molecular weight is 774 g/mol. The van der Waals surface area contributed by atoms with Gasteiger partial charge in [0, 0.05) is 72.8 Å². The highest BCUT2D eigenvalue weighted by Crippen LogP contribution is 2.43. The molecule has 1 aliphatic heterocycles. The molecule has 0 saturated heterocycles.